The fourth-order valence-electron chi connectivity index (χ4n) is 4.18. The Balaban J connectivity index is 1.42. The maximum atomic E-state index is 12.2. The van der Waals surface area contributed by atoms with Gasteiger partial charge in [0, 0.05) is 12.0 Å². The number of hydrogen-bond donors (Lipinski definition) is 3. The Morgan fingerprint density at radius 3 is 2.04 bits per heavy atom. The van der Waals surface area contributed by atoms with E-state index in [1.54, 1.807) is 0 Å². The molecular weight excluding hydrogens is 330 g/mol. The molecule has 3 N–H and O–H groups in total. The number of alkyl carbamates (subject to hydrolysis) is 1. The van der Waals surface area contributed by atoms with Gasteiger partial charge in [-0.2, -0.15) is 0 Å². The van der Waals surface area contributed by atoms with E-state index in [1.807, 2.05) is 24.3 Å². The Hall–Kier alpha value is -2.37. The second kappa shape index (κ2) is 7.09. The van der Waals surface area contributed by atoms with Crippen molar-refractivity contribution >= 4 is 6.09 Å². The summed E-state index contributed by atoms with van der Waals surface area (Å²) in [6.45, 7) is 0.262. The van der Waals surface area contributed by atoms with Crippen LogP contribution >= 0.6 is 0 Å². The number of hydrogen-bond acceptors (Lipinski definition) is 4. The lowest BCUT2D eigenvalue weighted by atomic mass is 9.91. The molecule has 0 radical (unpaired) electrons. The molecule has 1 fully saturated rings. The molecule has 0 saturated heterocycles. The molecule has 4 rings (SSSR count). The highest BCUT2D eigenvalue weighted by Gasteiger charge is 2.30. The van der Waals surface area contributed by atoms with Gasteiger partial charge in [-0.05, 0) is 41.5 Å². The van der Waals surface area contributed by atoms with Crippen molar-refractivity contribution in [2.45, 2.75) is 43.4 Å². The van der Waals surface area contributed by atoms with Crippen molar-refractivity contribution in [3.8, 4) is 11.1 Å². The summed E-state index contributed by atoms with van der Waals surface area (Å²) in [6, 6.07) is 16.1. The van der Waals surface area contributed by atoms with E-state index in [1.165, 1.54) is 22.3 Å². The number of aliphatic hydroxyl groups excluding tert-OH is 2. The van der Waals surface area contributed by atoms with Crippen molar-refractivity contribution in [1.29, 1.82) is 0 Å². The topological polar surface area (TPSA) is 78.8 Å². The predicted octanol–water partition coefficient (Wildman–Crippen LogP) is 2.80. The van der Waals surface area contributed by atoms with Crippen molar-refractivity contribution < 1.29 is 19.7 Å². The lowest BCUT2D eigenvalue weighted by Gasteiger charge is -2.30. The molecule has 2 aromatic rings. The molecule has 5 heteroatoms. The van der Waals surface area contributed by atoms with Crippen LogP contribution in [0.3, 0.4) is 0 Å². The highest BCUT2D eigenvalue weighted by molar-refractivity contribution is 5.79. The maximum absolute atomic E-state index is 12.2. The molecule has 136 valence electrons. The largest absolute Gasteiger partial charge is 0.449 e. The average molecular weight is 353 g/mol. The smallest absolute Gasteiger partial charge is 0.407 e. The van der Waals surface area contributed by atoms with Gasteiger partial charge in [0.25, 0.3) is 0 Å². The third-order valence-corrected chi connectivity index (χ3v) is 5.32. The van der Waals surface area contributed by atoms with Crippen LogP contribution in [-0.2, 0) is 4.74 Å². The van der Waals surface area contributed by atoms with Crippen molar-refractivity contribution in [3.63, 3.8) is 0 Å². The summed E-state index contributed by atoms with van der Waals surface area (Å²) in [5, 5.41) is 22.2. The number of nitrogens with one attached hydrogen (secondary N) is 1. The molecule has 2 aliphatic carbocycles. The van der Waals surface area contributed by atoms with E-state index in [0.717, 1.165) is 0 Å². The number of carbonyl (C=O) groups is 1. The Morgan fingerprint density at radius 1 is 0.923 bits per heavy atom. The number of rotatable bonds is 3. The molecule has 5 nitrogen and oxygen atoms in total. The zero-order valence-corrected chi connectivity index (χ0v) is 14.5. The minimum absolute atomic E-state index is 0.0238. The van der Waals surface area contributed by atoms with E-state index in [-0.39, 0.29) is 18.6 Å². The molecule has 26 heavy (non-hydrogen) atoms. The minimum atomic E-state index is -0.586. The van der Waals surface area contributed by atoms with Crippen LogP contribution in [0.2, 0.25) is 0 Å². The van der Waals surface area contributed by atoms with Gasteiger partial charge in [0.1, 0.15) is 6.61 Å². The summed E-state index contributed by atoms with van der Waals surface area (Å²) in [5.74, 6) is 0.0238. The number of fused-ring (bicyclic) bond motifs is 3. The normalized spacial score (nSPS) is 24.6. The third-order valence-electron chi connectivity index (χ3n) is 5.32. The van der Waals surface area contributed by atoms with E-state index in [9.17, 15) is 15.0 Å². The second-order valence-electron chi connectivity index (χ2n) is 7.18. The summed E-state index contributed by atoms with van der Waals surface area (Å²) in [6.07, 6.45) is -0.417. The van der Waals surface area contributed by atoms with Gasteiger partial charge in [0.05, 0.1) is 12.2 Å². The molecule has 0 bridgehead atoms. The van der Waals surface area contributed by atoms with Crippen LogP contribution in [0.1, 0.15) is 36.3 Å². The molecule has 0 aliphatic heterocycles. The lowest BCUT2D eigenvalue weighted by Crippen LogP contribution is -2.44. The minimum Gasteiger partial charge on any atom is -0.449 e. The first-order valence-electron chi connectivity index (χ1n) is 9.09. The third kappa shape index (κ3) is 3.32. The molecule has 2 aliphatic rings. The molecule has 0 spiro atoms. The highest BCUT2D eigenvalue weighted by atomic mass is 16.5. The van der Waals surface area contributed by atoms with Crippen LogP contribution in [0.4, 0.5) is 4.79 Å². The lowest BCUT2D eigenvalue weighted by molar-refractivity contribution is 0.0243. The predicted molar refractivity (Wildman–Crippen MR) is 97.9 cm³/mol. The summed E-state index contributed by atoms with van der Waals surface area (Å²) in [7, 11) is 0. The molecule has 3 atom stereocenters. The zero-order chi connectivity index (χ0) is 18.1. The van der Waals surface area contributed by atoms with Crippen LogP contribution in [0.25, 0.3) is 11.1 Å². The van der Waals surface area contributed by atoms with Crippen LogP contribution in [0.5, 0.6) is 0 Å². The SMILES string of the molecule is O=C(NC1C[C@@H](O)C[C@@H](O)C1)OCC1c2ccccc2-c2ccccc21. The van der Waals surface area contributed by atoms with Gasteiger partial charge < -0.3 is 20.3 Å². The van der Waals surface area contributed by atoms with Crippen molar-refractivity contribution in [1.82, 2.24) is 5.32 Å². The van der Waals surface area contributed by atoms with Crippen molar-refractivity contribution in [2.24, 2.45) is 0 Å². The molecule has 1 unspecified atom stereocenters. The maximum Gasteiger partial charge on any atom is 0.407 e. The Kier molecular flexibility index (Phi) is 4.66. The van der Waals surface area contributed by atoms with Gasteiger partial charge >= 0.3 is 6.09 Å². The second-order valence-corrected chi connectivity index (χ2v) is 7.18. The molecule has 0 heterocycles. The monoisotopic (exact) mass is 353 g/mol. The Morgan fingerprint density at radius 2 is 1.46 bits per heavy atom. The molecule has 2 aromatic carbocycles. The van der Waals surface area contributed by atoms with Crippen molar-refractivity contribution in [3.05, 3.63) is 59.7 Å². The Labute approximate surface area is 152 Å². The highest BCUT2D eigenvalue weighted by Crippen LogP contribution is 2.44. The Bertz CT molecular complexity index is 751. The number of amides is 1. The van der Waals surface area contributed by atoms with Gasteiger partial charge in [-0.25, -0.2) is 4.79 Å². The van der Waals surface area contributed by atoms with E-state index < -0.39 is 18.3 Å². The zero-order valence-electron chi connectivity index (χ0n) is 14.5. The van der Waals surface area contributed by atoms with Crippen LogP contribution < -0.4 is 5.32 Å². The standard InChI is InChI=1S/C21H23NO4/c23-14-9-13(10-15(24)11-14)22-21(25)26-12-20-18-7-3-1-5-16(18)17-6-2-4-8-19(17)20/h1-8,13-15,20,23-24H,9-12H2,(H,22,25)/t13?,14-,15+. The fourth-order valence-corrected chi connectivity index (χ4v) is 4.18. The van der Waals surface area contributed by atoms with Gasteiger partial charge in [-0.3, -0.25) is 0 Å². The first kappa shape index (κ1) is 17.1. The molecule has 1 amide bonds. The van der Waals surface area contributed by atoms with Gasteiger partial charge in [-0.15, -0.1) is 0 Å². The number of carbonyl (C=O) groups excluding carboxylic acids is 1. The molecule has 0 aromatic heterocycles. The van der Waals surface area contributed by atoms with E-state index in [2.05, 4.69) is 29.6 Å². The summed E-state index contributed by atoms with van der Waals surface area (Å²) >= 11 is 0. The van der Waals surface area contributed by atoms with E-state index in [0.29, 0.717) is 19.3 Å². The first-order chi connectivity index (χ1) is 12.6. The molecule has 1 saturated carbocycles. The number of aliphatic hydroxyl groups is 2. The number of ether oxygens (including phenoxy) is 1. The van der Waals surface area contributed by atoms with Crippen LogP contribution in [0.15, 0.2) is 48.5 Å². The van der Waals surface area contributed by atoms with Gasteiger partial charge in [0.2, 0.25) is 0 Å². The van der Waals surface area contributed by atoms with Crippen molar-refractivity contribution in [2.75, 3.05) is 6.61 Å². The summed E-state index contributed by atoms with van der Waals surface area (Å²) in [5.41, 5.74) is 4.72. The fraction of sp³-hybridized carbons (Fsp3) is 0.381. The van der Waals surface area contributed by atoms with Gasteiger partial charge in [0.15, 0.2) is 0 Å². The quantitative estimate of drug-likeness (QED) is 0.793. The van der Waals surface area contributed by atoms with Crippen LogP contribution in [-0.4, -0.2) is 41.2 Å². The van der Waals surface area contributed by atoms with E-state index >= 15 is 0 Å². The summed E-state index contributed by atoms with van der Waals surface area (Å²) < 4.78 is 5.50. The summed E-state index contributed by atoms with van der Waals surface area (Å²) in [4.78, 5) is 12.2. The van der Waals surface area contributed by atoms with E-state index in [4.69, 9.17) is 4.74 Å². The van der Waals surface area contributed by atoms with Crippen LogP contribution in [0, 0.1) is 0 Å². The number of benzene rings is 2. The average Bonchev–Trinajstić information content (AvgIpc) is 2.93. The first-order valence-corrected chi connectivity index (χ1v) is 9.09. The van der Waals surface area contributed by atoms with Gasteiger partial charge in [-0.1, -0.05) is 48.5 Å². The molecular formula is C21H23NO4.